The Morgan fingerprint density at radius 1 is 1.29 bits per heavy atom. The number of hydrogen-bond donors (Lipinski definition) is 1. The minimum atomic E-state index is -0.411. The van der Waals surface area contributed by atoms with Gasteiger partial charge in [-0.25, -0.2) is 0 Å². The Balaban J connectivity index is 2.30. The molecule has 2 aromatic rings. The topological polar surface area (TPSA) is 78.4 Å². The normalized spacial score (nSPS) is 12.0. The van der Waals surface area contributed by atoms with Crippen molar-refractivity contribution in [2.24, 2.45) is 5.73 Å². The summed E-state index contributed by atoms with van der Waals surface area (Å²) in [7, 11) is 0. The molecule has 0 aliphatic carbocycles. The van der Waals surface area contributed by atoms with Crippen LogP contribution in [0.5, 0.6) is 11.5 Å². The molecule has 0 fully saturated rings. The zero-order valence-corrected chi connectivity index (χ0v) is 12.1. The lowest BCUT2D eigenvalue weighted by Crippen LogP contribution is -2.08. The zero-order chi connectivity index (χ0) is 15.4. The average molecular weight is 286 g/mol. The molecular formula is C16H18N2O3. The first-order valence-corrected chi connectivity index (χ1v) is 6.80. The van der Waals surface area contributed by atoms with Crippen LogP contribution in [0.1, 0.15) is 30.5 Å². The first-order valence-electron chi connectivity index (χ1n) is 6.80. The average Bonchev–Trinajstić information content (AvgIpc) is 2.48. The Morgan fingerprint density at radius 2 is 2.00 bits per heavy atom. The van der Waals surface area contributed by atoms with Gasteiger partial charge in [-0.1, -0.05) is 25.1 Å². The maximum Gasteiger partial charge on any atom is 0.276 e. The summed E-state index contributed by atoms with van der Waals surface area (Å²) in [6.45, 7) is 3.69. The second-order valence-electron chi connectivity index (χ2n) is 4.85. The maximum absolute atomic E-state index is 10.9. The van der Waals surface area contributed by atoms with Gasteiger partial charge in [0.15, 0.2) is 0 Å². The largest absolute Gasteiger partial charge is 0.457 e. The maximum atomic E-state index is 10.9. The summed E-state index contributed by atoms with van der Waals surface area (Å²) in [6, 6.07) is 12.2. The molecule has 0 bridgehead atoms. The van der Waals surface area contributed by atoms with Crippen LogP contribution in [0.3, 0.4) is 0 Å². The van der Waals surface area contributed by atoms with Crippen molar-refractivity contribution in [3.8, 4) is 11.5 Å². The van der Waals surface area contributed by atoms with Crippen LogP contribution in [0.15, 0.2) is 42.5 Å². The molecule has 0 aliphatic heterocycles. The highest BCUT2D eigenvalue weighted by atomic mass is 16.6. The van der Waals surface area contributed by atoms with E-state index >= 15 is 0 Å². The highest BCUT2D eigenvalue weighted by Crippen LogP contribution is 2.31. The first kappa shape index (κ1) is 15.0. The van der Waals surface area contributed by atoms with Crippen LogP contribution in [0, 0.1) is 17.0 Å². The number of rotatable bonds is 5. The summed E-state index contributed by atoms with van der Waals surface area (Å²) in [6.07, 6.45) is 0.833. The molecule has 2 rings (SSSR count). The fourth-order valence-electron chi connectivity index (χ4n) is 2.08. The second kappa shape index (κ2) is 6.37. The summed E-state index contributed by atoms with van der Waals surface area (Å²) in [5.41, 5.74) is 7.55. The van der Waals surface area contributed by atoms with Crippen molar-refractivity contribution in [3.63, 3.8) is 0 Å². The molecule has 2 aromatic carbocycles. The van der Waals surface area contributed by atoms with E-state index in [4.69, 9.17) is 10.5 Å². The minimum absolute atomic E-state index is 0.0419. The molecule has 5 heteroatoms. The Labute approximate surface area is 123 Å². The highest BCUT2D eigenvalue weighted by molar-refractivity contribution is 5.50. The van der Waals surface area contributed by atoms with Gasteiger partial charge in [0.1, 0.15) is 11.5 Å². The van der Waals surface area contributed by atoms with Crippen LogP contribution in [0.2, 0.25) is 0 Å². The molecule has 5 nitrogen and oxygen atoms in total. The molecule has 0 saturated heterocycles. The van der Waals surface area contributed by atoms with Crippen molar-refractivity contribution in [2.75, 3.05) is 0 Å². The third-order valence-electron chi connectivity index (χ3n) is 3.41. The Kier molecular flexibility index (Phi) is 4.55. The van der Waals surface area contributed by atoms with Gasteiger partial charge in [0.2, 0.25) is 0 Å². The summed E-state index contributed by atoms with van der Waals surface area (Å²) >= 11 is 0. The smallest absolute Gasteiger partial charge is 0.276 e. The quantitative estimate of drug-likeness (QED) is 0.662. The lowest BCUT2D eigenvalue weighted by Gasteiger charge is -2.12. The molecule has 0 heterocycles. The minimum Gasteiger partial charge on any atom is -0.457 e. The van der Waals surface area contributed by atoms with E-state index in [1.807, 2.05) is 31.2 Å². The van der Waals surface area contributed by atoms with Crippen LogP contribution in [-0.4, -0.2) is 4.92 Å². The molecular weight excluding hydrogens is 268 g/mol. The molecule has 0 amide bonds. The number of nitrogens with zero attached hydrogens (tertiary/aromatic N) is 1. The number of ether oxygens (including phenoxy) is 1. The van der Waals surface area contributed by atoms with Gasteiger partial charge in [-0.15, -0.1) is 0 Å². The Bertz CT molecular complexity index is 656. The van der Waals surface area contributed by atoms with Crippen LogP contribution < -0.4 is 10.5 Å². The predicted molar refractivity (Wildman–Crippen MR) is 81.6 cm³/mol. The van der Waals surface area contributed by atoms with Gasteiger partial charge >= 0.3 is 0 Å². The standard InChI is InChI=1S/C16H18N2O3/c1-3-14(17)12-6-4-7-13(10-12)21-16-9-5-8-15(11(16)2)18(19)20/h4-10,14H,3,17H2,1-2H3. The van der Waals surface area contributed by atoms with Crippen LogP contribution >= 0.6 is 0 Å². The van der Waals surface area contributed by atoms with Gasteiger partial charge in [-0.2, -0.15) is 0 Å². The van der Waals surface area contributed by atoms with E-state index in [0.717, 1.165) is 12.0 Å². The van der Waals surface area contributed by atoms with Crippen LogP contribution in [-0.2, 0) is 0 Å². The van der Waals surface area contributed by atoms with E-state index < -0.39 is 4.92 Å². The van der Waals surface area contributed by atoms with Crippen molar-refractivity contribution < 1.29 is 9.66 Å². The van der Waals surface area contributed by atoms with Gasteiger partial charge in [-0.3, -0.25) is 10.1 Å². The third kappa shape index (κ3) is 3.38. The van der Waals surface area contributed by atoms with Crippen LogP contribution in [0.25, 0.3) is 0 Å². The zero-order valence-electron chi connectivity index (χ0n) is 12.1. The van der Waals surface area contributed by atoms with E-state index in [0.29, 0.717) is 17.1 Å². The van der Waals surface area contributed by atoms with Crippen LogP contribution in [0.4, 0.5) is 5.69 Å². The van der Waals surface area contributed by atoms with Crippen molar-refractivity contribution in [2.45, 2.75) is 26.3 Å². The summed E-state index contributed by atoms with van der Waals surface area (Å²) in [5.74, 6) is 1.10. The Morgan fingerprint density at radius 3 is 2.67 bits per heavy atom. The molecule has 1 atom stereocenters. The van der Waals surface area contributed by atoms with E-state index in [2.05, 4.69) is 0 Å². The summed E-state index contributed by atoms with van der Waals surface area (Å²) in [5, 5.41) is 10.9. The third-order valence-corrected chi connectivity index (χ3v) is 3.41. The first-order chi connectivity index (χ1) is 10.0. The monoisotopic (exact) mass is 286 g/mol. The van der Waals surface area contributed by atoms with Gasteiger partial charge in [-0.05, 0) is 37.1 Å². The number of nitro benzene ring substituents is 1. The van der Waals surface area contributed by atoms with E-state index in [-0.39, 0.29) is 11.7 Å². The highest BCUT2D eigenvalue weighted by Gasteiger charge is 2.15. The lowest BCUT2D eigenvalue weighted by atomic mass is 10.1. The Hall–Kier alpha value is -2.40. The SMILES string of the molecule is CCC(N)c1cccc(Oc2cccc([N+](=O)[O-])c2C)c1. The molecule has 0 aliphatic rings. The lowest BCUT2D eigenvalue weighted by molar-refractivity contribution is -0.385. The number of hydrogen-bond acceptors (Lipinski definition) is 4. The van der Waals surface area contributed by atoms with E-state index in [1.165, 1.54) is 6.07 Å². The van der Waals surface area contributed by atoms with E-state index in [9.17, 15) is 10.1 Å². The molecule has 0 aromatic heterocycles. The summed E-state index contributed by atoms with van der Waals surface area (Å²) in [4.78, 5) is 10.5. The van der Waals surface area contributed by atoms with Gasteiger partial charge in [0.05, 0.1) is 10.5 Å². The molecule has 2 N–H and O–H groups in total. The number of nitro groups is 1. The second-order valence-corrected chi connectivity index (χ2v) is 4.85. The van der Waals surface area contributed by atoms with E-state index in [1.54, 1.807) is 19.1 Å². The van der Waals surface area contributed by atoms with Gasteiger partial charge < -0.3 is 10.5 Å². The predicted octanol–water partition coefficient (Wildman–Crippen LogP) is 4.11. The summed E-state index contributed by atoms with van der Waals surface area (Å²) < 4.78 is 5.78. The molecule has 1 unspecified atom stereocenters. The fraction of sp³-hybridized carbons (Fsp3) is 0.250. The molecule has 0 radical (unpaired) electrons. The van der Waals surface area contributed by atoms with Gasteiger partial charge in [0, 0.05) is 12.1 Å². The molecule has 0 saturated carbocycles. The van der Waals surface area contributed by atoms with Gasteiger partial charge in [0.25, 0.3) is 5.69 Å². The number of benzene rings is 2. The number of nitrogens with two attached hydrogens (primary N) is 1. The molecule has 21 heavy (non-hydrogen) atoms. The van der Waals surface area contributed by atoms with Crippen molar-refractivity contribution in [1.82, 2.24) is 0 Å². The fourth-order valence-corrected chi connectivity index (χ4v) is 2.08. The molecule has 0 spiro atoms. The van der Waals surface area contributed by atoms with Crippen molar-refractivity contribution in [3.05, 3.63) is 63.7 Å². The molecule has 110 valence electrons. The van der Waals surface area contributed by atoms with Crippen molar-refractivity contribution in [1.29, 1.82) is 0 Å². The van der Waals surface area contributed by atoms with Crippen molar-refractivity contribution >= 4 is 5.69 Å².